The van der Waals surface area contributed by atoms with Gasteiger partial charge < -0.3 is 9.84 Å². The number of alkyl halides is 1. The van der Waals surface area contributed by atoms with Crippen molar-refractivity contribution in [3.8, 4) is 0 Å². The molecule has 2 unspecified atom stereocenters. The van der Waals surface area contributed by atoms with Gasteiger partial charge in [0.15, 0.2) is 5.69 Å². The van der Waals surface area contributed by atoms with Crippen LogP contribution in [0.3, 0.4) is 0 Å². The van der Waals surface area contributed by atoms with Crippen molar-refractivity contribution in [2.75, 3.05) is 6.61 Å². The van der Waals surface area contributed by atoms with Gasteiger partial charge in [0, 0.05) is 0 Å². The minimum Gasteiger partial charge on any atom is -0.461 e. The lowest BCUT2D eigenvalue weighted by Gasteiger charge is -2.28. The molecule has 1 aromatic heterocycles. The summed E-state index contributed by atoms with van der Waals surface area (Å²) in [5.74, 6) is -0.403. The molecule has 6 nitrogen and oxygen atoms in total. The van der Waals surface area contributed by atoms with Gasteiger partial charge in [0.2, 0.25) is 0 Å². The highest BCUT2D eigenvalue weighted by Gasteiger charge is 2.30. The lowest BCUT2D eigenvalue weighted by molar-refractivity contribution is 0.0516. The Morgan fingerprint density at radius 3 is 2.89 bits per heavy atom. The highest BCUT2D eigenvalue weighted by Crippen LogP contribution is 2.30. The summed E-state index contributed by atoms with van der Waals surface area (Å²) in [5.41, 5.74) is 0.667. The van der Waals surface area contributed by atoms with E-state index in [1.807, 2.05) is 0 Å². The lowest BCUT2D eigenvalue weighted by Crippen LogP contribution is -2.29. The number of carbonyl (C=O) groups excluding carboxylic acids is 1. The molecule has 0 aromatic carbocycles. The van der Waals surface area contributed by atoms with Crippen LogP contribution in [0.15, 0.2) is 0 Å². The summed E-state index contributed by atoms with van der Waals surface area (Å²) in [6, 6.07) is -0.154. The maximum Gasteiger partial charge on any atom is 0.360 e. The smallest absolute Gasteiger partial charge is 0.360 e. The maximum absolute atomic E-state index is 11.7. The molecule has 1 aromatic rings. The van der Waals surface area contributed by atoms with Gasteiger partial charge in [-0.05, 0) is 19.8 Å². The zero-order valence-electron chi connectivity index (χ0n) is 10.9. The minimum atomic E-state index is -0.519. The molecule has 0 bridgehead atoms. The molecule has 1 saturated carbocycles. The third-order valence-corrected chi connectivity index (χ3v) is 3.65. The summed E-state index contributed by atoms with van der Waals surface area (Å²) < 4.78 is 6.51. The number of carbonyl (C=O) groups is 1. The Labute approximate surface area is 116 Å². The Bertz CT molecular complexity index is 449. The fourth-order valence-corrected chi connectivity index (χ4v) is 2.69. The van der Waals surface area contributed by atoms with Gasteiger partial charge in [0.1, 0.15) is 0 Å². The summed E-state index contributed by atoms with van der Waals surface area (Å²) in [7, 11) is 0. The van der Waals surface area contributed by atoms with Crippen LogP contribution in [-0.4, -0.2) is 38.8 Å². The first-order valence-corrected chi connectivity index (χ1v) is 7.07. The third-order valence-electron chi connectivity index (χ3n) is 3.39. The Morgan fingerprint density at radius 2 is 2.26 bits per heavy atom. The predicted octanol–water partition coefficient (Wildman–Crippen LogP) is 1.67. The van der Waals surface area contributed by atoms with Crippen molar-refractivity contribution in [3.05, 3.63) is 11.4 Å². The summed E-state index contributed by atoms with van der Waals surface area (Å²) in [6.07, 6.45) is 3.12. The molecule has 0 aliphatic heterocycles. The monoisotopic (exact) mass is 287 g/mol. The first kappa shape index (κ1) is 14.3. The molecule has 0 spiro atoms. The molecule has 1 aliphatic carbocycles. The highest BCUT2D eigenvalue weighted by molar-refractivity contribution is 6.17. The topological polar surface area (TPSA) is 77.2 Å². The van der Waals surface area contributed by atoms with Crippen molar-refractivity contribution < 1.29 is 14.6 Å². The Morgan fingerprint density at radius 1 is 1.53 bits per heavy atom. The van der Waals surface area contributed by atoms with Crippen LogP contribution in [0, 0.1) is 0 Å². The second-order valence-corrected chi connectivity index (χ2v) is 4.87. The zero-order valence-corrected chi connectivity index (χ0v) is 11.6. The van der Waals surface area contributed by atoms with Crippen LogP contribution in [0.4, 0.5) is 0 Å². The molecule has 0 saturated heterocycles. The van der Waals surface area contributed by atoms with Crippen LogP contribution in [0.25, 0.3) is 0 Å². The SMILES string of the molecule is CCOC(=O)c1nnn(C2CCCCC2O)c1CCl. The van der Waals surface area contributed by atoms with Gasteiger partial charge in [-0.3, -0.25) is 0 Å². The molecule has 19 heavy (non-hydrogen) atoms. The fourth-order valence-electron chi connectivity index (χ4n) is 2.44. The van der Waals surface area contributed by atoms with Gasteiger partial charge in [0.25, 0.3) is 0 Å². The van der Waals surface area contributed by atoms with Crippen molar-refractivity contribution in [2.45, 2.75) is 50.6 Å². The van der Waals surface area contributed by atoms with Crippen LogP contribution in [0.5, 0.6) is 0 Å². The molecular formula is C12H18ClN3O3. The number of ether oxygens (including phenoxy) is 1. The van der Waals surface area contributed by atoms with E-state index < -0.39 is 12.1 Å². The molecule has 1 heterocycles. The Hall–Kier alpha value is -1.14. The van der Waals surface area contributed by atoms with Gasteiger partial charge in [-0.15, -0.1) is 16.7 Å². The summed E-state index contributed by atoms with van der Waals surface area (Å²) in [5, 5.41) is 17.9. The predicted molar refractivity (Wildman–Crippen MR) is 69.0 cm³/mol. The van der Waals surface area contributed by atoms with Gasteiger partial charge >= 0.3 is 5.97 Å². The average molecular weight is 288 g/mol. The van der Waals surface area contributed by atoms with Crippen LogP contribution in [0.2, 0.25) is 0 Å². The van der Waals surface area contributed by atoms with Gasteiger partial charge in [-0.2, -0.15) is 0 Å². The van der Waals surface area contributed by atoms with E-state index in [1.54, 1.807) is 11.6 Å². The highest BCUT2D eigenvalue weighted by atomic mass is 35.5. The van der Waals surface area contributed by atoms with Crippen molar-refractivity contribution in [1.29, 1.82) is 0 Å². The maximum atomic E-state index is 11.7. The quantitative estimate of drug-likeness (QED) is 0.673. The largest absolute Gasteiger partial charge is 0.461 e. The number of aliphatic hydroxyl groups excluding tert-OH is 1. The minimum absolute atomic E-state index is 0.115. The lowest BCUT2D eigenvalue weighted by atomic mass is 9.92. The van der Waals surface area contributed by atoms with Crippen molar-refractivity contribution in [3.63, 3.8) is 0 Å². The van der Waals surface area contributed by atoms with E-state index in [4.69, 9.17) is 16.3 Å². The molecule has 0 radical (unpaired) electrons. The van der Waals surface area contributed by atoms with Crippen molar-refractivity contribution >= 4 is 17.6 Å². The number of nitrogens with zero attached hydrogens (tertiary/aromatic N) is 3. The van der Waals surface area contributed by atoms with Gasteiger partial charge in [-0.25, -0.2) is 9.48 Å². The molecular weight excluding hydrogens is 270 g/mol. The van der Waals surface area contributed by atoms with Gasteiger partial charge in [0.05, 0.1) is 30.3 Å². The van der Waals surface area contributed by atoms with Crippen molar-refractivity contribution in [2.24, 2.45) is 0 Å². The average Bonchev–Trinajstić information content (AvgIpc) is 2.83. The summed E-state index contributed by atoms with van der Waals surface area (Å²) in [6.45, 7) is 2.01. The number of esters is 1. The second-order valence-electron chi connectivity index (χ2n) is 4.60. The normalized spacial score (nSPS) is 23.3. The number of hydrogen-bond acceptors (Lipinski definition) is 5. The second kappa shape index (κ2) is 6.34. The van der Waals surface area contributed by atoms with Crippen LogP contribution in [0.1, 0.15) is 54.8 Å². The first-order chi connectivity index (χ1) is 9.19. The molecule has 1 N–H and O–H groups in total. The summed E-state index contributed by atoms with van der Waals surface area (Å²) >= 11 is 5.90. The standard InChI is InChI=1S/C12H18ClN3O3/c1-2-19-12(18)11-9(7-13)16(15-14-11)8-5-3-4-6-10(8)17/h8,10,17H,2-7H2,1H3. The first-order valence-electron chi connectivity index (χ1n) is 6.54. The third kappa shape index (κ3) is 2.90. The van der Waals surface area contributed by atoms with Crippen LogP contribution >= 0.6 is 11.6 Å². The zero-order chi connectivity index (χ0) is 13.8. The van der Waals surface area contributed by atoms with Crippen LogP contribution in [-0.2, 0) is 10.6 Å². The Kier molecular flexibility index (Phi) is 4.76. The van der Waals surface area contributed by atoms with E-state index in [-0.39, 0.29) is 24.2 Å². The van der Waals surface area contributed by atoms with E-state index in [0.29, 0.717) is 5.69 Å². The number of rotatable bonds is 4. The fraction of sp³-hybridized carbons (Fsp3) is 0.750. The van der Waals surface area contributed by atoms with E-state index in [1.165, 1.54) is 0 Å². The molecule has 2 rings (SSSR count). The molecule has 0 amide bonds. The van der Waals surface area contributed by atoms with E-state index in [0.717, 1.165) is 25.7 Å². The van der Waals surface area contributed by atoms with Gasteiger partial charge in [-0.1, -0.05) is 18.1 Å². The molecule has 2 atom stereocenters. The number of halogens is 1. The number of aliphatic hydroxyl groups is 1. The number of hydrogen-bond donors (Lipinski definition) is 1. The van der Waals surface area contributed by atoms with Crippen LogP contribution < -0.4 is 0 Å². The summed E-state index contributed by atoms with van der Waals surface area (Å²) in [4.78, 5) is 11.7. The number of aromatic nitrogens is 3. The Balaban J connectivity index is 2.28. The molecule has 1 aliphatic rings. The molecule has 1 fully saturated rings. The van der Waals surface area contributed by atoms with E-state index in [2.05, 4.69) is 10.3 Å². The van der Waals surface area contributed by atoms with Crippen molar-refractivity contribution in [1.82, 2.24) is 15.0 Å². The van der Waals surface area contributed by atoms with E-state index in [9.17, 15) is 9.90 Å². The molecule has 7 heteroatoms. The van der Waals surface area contributed by atoms with E-state index >= 15 is 0 Å². The molecule has 106 valence electrons.